The number of hydrogen-bond acceptors (Lipinski definition) is 4. The molecule has 31 heavy (non-hydrogen) atoms. The molecule has 2 aliphatic rings. The van der Waals surface area contributed by atoms with Crippen molar-refractivity contribution in [3.63, 3.8) is 0 Å². The van der Waals surface area contributed by atoms with Crippen molar-refractivity contribution in [3.05, 3.63) is 59.4 Å². The molecule has 2 aliphatic heterocycles. The van der Waals surface area contributed by atoms with Crippen molar-refractivity contribution in [2.45, 2.75) is 38.5 Å². The SMILES string of the molecule is CC(C)Cc1ccc(-c2nccc(-c3cc4c([nH]3)C3(CCNCC3)CNC4=O)n2)cc1. The smallest absolute Gasteiger partial charge is 0.253 e. The van der Waals surface area contributed by atoms with Crippen LogP contribution >= 0.6 is 0 Å². The predicted octanol–water partition coefficient (Wildman–Crippen LogP) is 3.70. The highest BCUT2D eigenvalue weighted by molar-refractivity contribution is 5.98. The molecule has 0 unspecified atom stereocenters. The highest BCUT2D eigenvalue weighted by atomic mass is 16.1. The van der Waals surface area contributed by atoms with Gasteiger partial charge in [0.15, 0.2) is 5.82 Å². The van der Waals surface area contributed by atoms with Crippen LogP contribution in [0, 0.1) is 5.92 Å². The lowest BCUT2D eigenvalue weighted by Crippen LogP contribution is -2.51. The molecule has 160 valence electrons. The Morgan fingerprint density at radius 2 is 1.87 bits per heavy atom. The summed E-state index contributed by atoms with van der Waals surface area (Å²) < 4.78 is 0. The molecule has 6 nitrogen and oxygen atoms in total. The molecule has 0 aliphatic carbocycles. The summed E-state index contributed by atoms with van der Waals surface area (Å²) in [6.07, 6.45) is 4.88. The molecule has 1 spiro atoms. The Kier molecular flexibility index (Phi) is 5.10. The normalized spacial score (nSPS) is 17.6. The number of fused-ring (bicyclic) bond motifs is 2. The van der Waals surface area contributed by atoms with Gasteiger partial charge in [-0.25, -0.2) is 9.97 Å². The zero-order chi connectivity index (χ0) is 21.4. The number of benzene rings is 1. The minimum atomic E-state index is -0.0190. The Labute approximate surface area is 182 Å². The summed E-state index contributed by atoms with van der Waals surface area (Å²) in [5.41, 5.74) is 5.80. The molecule has 1 saturated heterocycles. The number of H-pyrrole nitrogens is 1. The first-order chi connectivity index (χ1) is 15.0. The molecule has 0 bridgehead atoms. The third-order valence-electron chi connectivity index (χ3n) is 6.53. The van der Waals surface area contributed by atoms with Crippen LogP contribution in [0.5, 0.6) is 0 Å². The van der Waals surface area contributed by atoms with E-state index in [4.69, 9.17) is 4.98 Å². The van der Waals surface area contributed by atoms with Gasteiger partial charge in [-0.2, -0.15) is 0 Å². The molecule has 0 radical (unpaired) electrons. The first-order valence-electron chi connectivity index (χ1n) is 11.2. The summed E-state index contributed by atoms with van der Waals surface area (Å²) in [4.78, 5) is 25.5. The molecule has 0 atom stereocenters. The molecule has 2 aromatic heterocycles. The van der Waals surface area contributed by atoms with Crippen LogP contribution in [0.1, 0.15) is 48.3 Å². The van der Waals surface area contributed by atoms with Gasteiger partial charge >= 0.3 is 0 Å². The second kappa shape index (κ2) is 7.93. The molecule has 5 rings (SSSR count). The van der Waals surface area contributed by atoms with E-state index in [2.05, 4.69) is 58.7 Å². The number of aromatic amines is 1. The van der Waals surface area contributed by atoms with E-state index in [-0.39, 0.29) is 11.3 Å². The van der Waals surface area contributed by atoms with E-state index < -0.39 is 0 Å². The number of piperidine rings is 1. The molecular weight excluding hydrogens is 386 g/mol. The molecule has 1 amide bonds. The average Bonchev–Trinajstić information content (AvgIpc) is 3.25. The van der Waals surface area contributed by atoms with Crippen LogP contribution in [0.4, 0.5) is 0 Å². The Morgan fingerprint density at radius 1 is 1.10 bits per heavy atom. The summed E-state index contributed by atoms with van der Waals surface area (Å²) >= 11 is 0. The number of nitrogens with zero attached hydrogens (tertiary/aromatic N) is 2. The van der Waals surface area contributed by atoms with E-state index in [9.17, 15) is 4.79 Å². The van der Waals surface area contributed by atoms with Gasteiger partial charge in [-0.05, 0) is 56.0 Å². The second-order valence-electron chi connectivity index (χ2n) is 9.25. The summed E-state index contributed by atoms with van der Waals surface area (Å²) in [6, 6.07) is 12.3. The number of carbonyl (C=O) groups excluding carboxylic acids is 1. The van der Waals surface area contributed by atoms with Crippen molar-refractivity contribution in [1.82, 2.24) is 25.6 Å². The number of hydrogen-bond donors (Lipinski definition) is 3. The molecule has 3 aromatic rings. The second-order valence-corrected chi connectivity index (χ2v) is 9.25. The lowest BCUT2D eigenvalue weighted by Gasteiger charge is -2.40. The van der Waals surface area contributed by atoms with E-state index in [1.807, 2.05) is 12.1 Å². The fraction of sp³-hybridized carbons (Fsp3) is 0.400. The number of rotatable bonds is 4. The predicted molar refractivity (Wildman–Crippen MR) is 122 cm³/mol. The summed E-state index contributed by atoms with van der Waals surface area (Å²) in [5.74, 6) is 1.32. The molecule has 1 aromatic carbocycles. The van der Waals surface area contributed by atoms with Gasteiger partial charge in [-0.3, -0.25) is 4.79 Å². The Hall–Kier alpha value is -2.99. The first kappa shape index (κ1) is 19.9. The Morgan fingerprint density at radius 3 is 2.61 bits per heavy atom. The van der Waals surface area contributed by atoms with Crippen LogP contribution in [0.3, 0.4) is 0 Å². The lowest BCUT2D eigenvalue weighted by atomic mass is 9.73. The summed E-state index contributed by atoms with van der Waals surface area (Å²) in [6.45, 7) is 7.08. The van der Waals surface area contributed by atoms with Gasteiger partial charge in [-0.15, -0.1) is 0 Å². The average molecular weight is 416 g/mol. The van der Waals surface area contributed by atoms with Crippen molar-refractivity contribution in [2.75, 3.05) is 19.6 Å². The number of amides is 1. The zero-order valence-electron chi connectivity index (χ0n) is 18.2. The van der Waals surface area contributed by atoms with Gasteiger partial charge in [0.2, 0.25) is 0 Å². The van der Waals surface area contributed by atoms with Crippen molar-refractivity contribution in [3.8, 4) is 22.8 Å². The maximum Gasteiger partial charge on any atom is 0.253 e. The monoisotopic (exact) mass is 415 g/mol. The van der Waals surface area contributed by atoms with Crippen LogP contribution in [-0.4, -0.2) is 40.5 Å². The summed E-state index contributed by atoms with van der Waals surface area (Å²) in [5, 5.41) is 6.53. The number of aromatic nitrogens is 3. The highest BCUT2D eigenvalue weighted by Gasteiger charge is 2.42. The van der Waals surface area contributed by atoms with E-state index in [1.165, 1.54) is 5.56 Å². The molecule has 0 saturated carbocycles. The fourth-order valence-electron chi connectivity index (χ4n) is 4.86. The lowest BCUT2D eigenvalue weighted by molar-refractivity contribution is 0.0913. The highest BCUT2D eigenvalue weighted by Crippen LogP contribution is 2.39. The van der Waals surface area contributed by atoms with E-state index >= 15 is 0 Å². The van der Waals surface area contributed by atoms with Gasteiger partial charge in [-0.1, -0.05) is 38.1 Å². The zero-order valence-corrected chi connectivity index (χ0v) is 18.2. The standard InChI is InChI=1S/C25H29N5O/c1-16(2)13-17-3-5-18(6-4-17)23-27-10-7-20(30-23)21-14-19-22(29-21)25(15-28-24(19)31)8-11-26-12-9-25/h3-7,10,14,16,26,29H,8-9,11-13,15H2,1-2H3,(H,28,31). The number of carbonyl (C=O) groups is 1. The van der Waals surface area contributed by atoms with Crippen LogP contribution in [0.15, 0.2) is 42.6 Å². The topological polar surface area (TPSA) is 82.7 Å². The van der Waals surface area contributed by atoms with Crippen LogP contribution in [0.2, 0.25) is 0 Å². The Balaban J connectivity index is 1.48. The van der Waals surface area contributed by atoms with Crippen LogP contribution in [0.25, 0.3) is 22.8 Å². The van der Waals surface area contributed by atoms with E-state index in [0.717, 1.165) is 60.6 Å². The van der Waals surface area contributed by atoms with E-state index in [0.29, 0.717) is 18.3 Å². The minimum Gasteiger partial charge on any atom is -0.356 e. The number of nitrogens with one attached hydrogen (secondary N) is 3. The van der Waals surface area contributed by atoms with Gasteiger partial charge in [0.05, 0.1) is 17.0 Å². The van der Waals surface area contributed by atoms with Crippen LogP contribution < -0.4 is 10.6 Å². The Bertz CT molecular complexity index is 1090. The van der Waals surface area contributed by atoms with Crippen LogP contribution in [-0.2, 0) is 11.8 Å². The largest absolute Gasteiger partial charge is 0.356 e. The molecule has 4 heterocycles. The third-order valence-corrected chi connectivity index (χ3v) is 6.53. The van der Waals surface area contributed by atoms with Crippen molar-refractivity contribution >= 4 is 5.91 Å². The van der Waals surface area contributed by atoms with Gasteiger partial charge in [0.1, 0.15) is 0 Å². The maximum atomic E-state index is 12.6. The van der Waals surface area contributed by atoms with Crippen molar-refractivity contribution in [1.29, 1.82) is 0 Å². The maximum absolute atomic E-state index is 12.6. The molecule has 3 N–H and O–H groups in total. The third kappa shape index (κ3) is 3.76. The molecule has 6 heteroatoms. The van der Waals surface area contributed by atoms with E-state index in [1.54, 1.807) is 6.20 Å². The first-order valence-corrected chi connectivity index (χ1v) is 11.2. The van der Waals surface area contributed by atoms with Crippen molar-refractivity contribution in [2.24, 2.45) is 5.92 Å². The molecular formula is C25H29N5O. The van der Waals surface area contributed by atoms with Gasteiger partial charge < -0.3 is 15.6 Å². The molecule has 1 fully saturated rings. The van der Waals surface area contributed by atoms with Gasteiger partial charge in [0, 0.05) is 29.4 Å². The fourth-order valence-corrected chi connectivity index (χ4v) is 4.86. The quantitative estimate of drug-likeness (QED) is 0.607. The minimum absolute atomic E-state index is 0.00308. The summed E-state index contributed by atoms with van der Waals surface area (Å²) in [7, 11) is 0. The van der Waals surface area contributed by atoms with Gasteiger partial charge in [0.25, 0.3) is 5.91 Å². The van der Waals surface area contributed by atoms with Crippen molar-refractivity contribution < 1.29 is 4.79 Å².